The van der Waals surface area contributed by atoms with Gasteiger partial charge >= 0.3 is 0 Å². The second-order valence-corrected chi connectivity index (χ2v) is 3.47. The zero-order valence-corrected chi connectivity index (χ0v) is 8.70. The number of nitrogens with zero attached hydrogens (tertiary/aromatic N) is 1. The quantitative estimate of drug-likeness (QED) is 0.703. The summed E-state index contributed by atoms with van der Waals surface area (Å²) >= 11 is 0. The van der Waals surface area contributed by atoms with Crippen molar-refractivity contribution in [1.29, 1.82) is 0 Å². The van der Waals surface area contributed by atoms with Crippen LogP contribution in [0.15, 0.2) is 24.5 Å². The Balaban J connectivity index is 2.33. The van der Waals surface area contributed by atoms with Gasteiger partial charge in [-0.1, -0.05) is 13.0 Å². The summed E-state index contributed by atoms with van der Waals surface area (Å²) in [7, 11) is 0. The number of benzene rings is 1. The van der Waals surface area contributed by atoms with E-state index < -0.39 is 0 Å². The molecule has 4 nitrogen and oxygen atoms in total. The fourth-order valence-corrected chi connectivity index (χ4v) is 1.70. The Labute approximate surface area is 88.3 Å². The fourth-order valence-electron chi connectivity index (χ4n) is 1.70. The number of aliphatic hydroxyl groups excluding tert-OH is 1. The third-order valence-electron chi connectivity index (χ3n) is 2.48. The Morgan fingerprint density at radius 2 is 2.40 bits per heavy atom. The van der Waals surface area contributed by atoms with Crippen LogP contribution in [-0.4, -0.2) is 28.2 Å². The molecule has 2 aromatic rings. The van der Waals surface area contributed by atoms with Crippen LogP contribution >= 0.6 is 0 Å². The van der Waals surface area contributed by atoms with Gasteiger partial charge < -0.3 is 15.4 Å². The average molecular weight is 205 g/mol. The molecule has 2 rings (SSSR count). The molecule has 0 bridgehead atoms. The number of likely N-dealkylation sites (N-methyl/N-ethyl adjacent to an activating group) is 1. The Kier molecular flexibility index (Phi) is 2.99. The van der Waals surface area contributed by atoms with Crippen molar-refractivity contribution in [1.82, 2.24) is 15.3 Å². The van der Waals surface area contributed by atoms with Gasteiger partial charge in [-0.15, -0.1) is 0 Å². The number of fused-ring (bicyclic) bond motifs is 1. The fraction of sp³-hybridized carbons (Fsp3) is 0.364. The van der Waals surface area contributed by atoms with Crippen molar-refractivity contribution in [3.8, 4) is 0 Å². The maximum absolute atomic E-state index is 9.24. The van der Waals surface area contributed by atoms with Crippen molar-refractivity contribution in [2.45, 2.75) is 13.0 Å². The number of aromatic nitrogens is 2. The zero-order valence-electron chi connectivity index (χ0n) is 8.70. The third-order valence-corrected chi connectivity index (χ3v) is 2.48. The maximum Gasteiger partial charge on any atom is 0.0931 e. The smallest absolute Gasteiger partial charge is 0.0931 e. The molecule has 1 aromatic heterocycles. The van der Waals surface area contributed by atoms with Crippen molar-refractivity contribution in [3.63, 3.8) is 0 Å². The number of nitrogens with one attached hydrogen (secondary N) is 2. The van der Waals surface area contributed by atoms with Crippen LogP contribution in [0.4, 0.5) is 0 Å². The first-order chi connectivity index (χ1) is 7.35. The molecular weight excluding hydrogens is 190 g/mol. The summed E-state index contributed by atoms with van der Waals surface area (Å²) in [6, 6.07) is 5.97. The summed E-state index contributed by atoms with van der Waals surface area (Å²) in [5.74, 6) is 0. The molecule has 1 heterocycles. The lowest BCUT2D eigenvalue weighted by Crippen LogP contribution is -2.23. The van der Waals surface area contributed by atoms with E-state index in [1.54, 1.807) is 6.33 Å². The van der Waals surface area contributed by atoms with Gasteiger partial charge in [0.2, 0.25) is 0 Å². The van der Waals surface area contributed by atoms with Crippen LogP contribution in [0.3, 0.4) is 0 Å². The molecule has 0 saturated carbocycles. The van der Waals surface area contributed by atoms with Crippen LogP contribution in [0, 0.1) is 0 Å². The SMILES string of the molecule is CCNC(CO)c1ccc2nc[nH]c2c1. The highest BCUT2D eigenvalue weighted by atomic mass is 16.3. The molecule has 80 valence electrons. The van der Waals surface area contributed by atoms with Crippen molar-refractivity contribution in [3.05, 3.63) is 30.1 Å². The molecule has 0 spiro atoms. The minimum atomic E-state index is 0.00250. The lowest BCUT2D eigenvalue weighted by molar-refractivity contribution is 0.246. The van der Waals surface area contributed by atoms with E-state index in [4.69, 9.17) is 0 Å². The van der Waals surface area contributed by atoms with E-state index in [9.17, 15) is 5.11 Å². The molecular formula is C11H15N3O. The molecule has 1 aromatic carbocycles. The first kappa shape index (κ1) is 10.1. The minimum absolute atomic E-state index is 0.00250. The Hall–Kier alpha value is -1.39. The van der Waals surface area contributed by atoms with Crippen LogP contribution in [0.2, 0.25) is 0 Å². The van der Waals surface area contributed by atoms with Gasteiger partial charge in [0.1, 0.15) is 0 Å². The van der Waals surface area contributed by atoms with Crippen LogP contribution in [-0.2, 0) is 0 Å². The first-order valence-electron chi connectivity index (χ1n) is 5.12. The van der Waals surface area contributed by atoms with Gasteiger partial charge in [0.05, 0.1) is 30.0 Å². The van der Waals surface area contributed by atoms with Gasteiger partial charge in [-0.25, -0.2) is 4.98 Å². The second kappa shape index (κ2) is 4.42. The van der Waals surface area contributed by atoms with E-state index in [0.717, 1.165) is 23.1 Å². The van der Waals surface area contributed by atoms with Crippen LogP contribution in [0.25, 0.3) is 11.0 Å². The second-order valence-electron chi connectivity index (χ2n) is 3.47. The molecule has 0 amide bonds. The van der Waals surface area contributed by atoms with Gasteiger partial charge in [-0.3, -0.25) is 0 Å². The third kappa shape index (κ3) is 2.00. The number of aliphatic hydroxyl groups is 1. The molecule has 15 heavy (non-hydrogen) atoms. The van der Waals surface area contributed by atoms with Crippen LogP contribution < -0.4 is 5.32 Å². The van der Waals surface area contributed by atoms with Gasteiger partial charge in [0.25, 0.3) is 0 Å². The Morgan fingerprint density at radius 3 is 3.13 bits per heavy atom. The summed E-state index contributed by atoms with van der Waals surface area (Å²) < 4.78 is 0. The molecule has 0 aliphatic heterocycles. The maximum atomic E-state index is 9.24. The van der Waals surface area contributed by atoms with E-state index in [1.165, 1.54) is 0 Å². The lowest BCUT2D eigenvalue weighted by Gasteiger charge is -2.15. The van der Waals surface area contributed by atoms with E-state index >= 15 is 0 Å². The first-order valence-corrected chi connectivity index (χ1v) is 5.12. The van der Waals surface area contributed by atoms with Gasteiger partial charge in [-0.2, -0.15) is 0 Å². The number of hydrogen-bond donors (Lipinski definition) is 3. The summed E-state index contributed by atoms with van der Waals surface area (Å²) in [6.07, 6.45) is 1.68. The van der Waals surface area contributed by atoms with Gasteiger partial charge in [0.15, 0.2) is 0 Å². The largest absolute Gasteiger partial charge is 0.394 e. The van der Waals surface area contributed by atoms with Gasteiger partial charge in [0, 0.05) is 0 Å². The highest BCUT2D eigenvalue weighted by Gasteiger charge is 2.09. The minimum Gasteiger partial charge on any atom is -0.394 e. The summed E-state index contributed by atoms with van der Waals surface area (Å²) in [4.78, 5) is 7.21. The topological polar surface area (TPSA) is 60.9 Å². The lowest BCUT2D eigenvalue weighted by atomic mass is 10.1. The molecule has 0 saturated heterocycles. The predicted molar refractivity (Wildman–Crippen MR) is 59.6 cm³/mol. The van der Waals surface area contributed by atoms with E-state index in [0.29, 0.717) is 0 Å². The van der Waals surface area contributed by atoms with Crippen molar-refractivity contribution in [2.24, 2.45) is 0 Å². The van der Waals surface area contributed by atoms with E-state index in [2.05, 4.69) is 15.3 Å². The molecule has 0 radical (unpaired) electrons. The number of aromatic amines is 1. The molecule has 0 aliphatic rings. The number of rotatable bonds is 4. The Bertz CT molecular complexity index is 438. The van der Waals surface area contributed by atoms with Crippen molar-refractivity contribution < 1.29 is 5.11 Å². The summed E-state index contributed by atoms with van der Waals surface area (Å²) in [6.45, 7) is 2.97. The highest BCUT2D eigenvalue weighted by molar-refractivity contribution is 5.75. The predicted octanol–water partition coefficient (Wildman–Crippen LogP) is 1.21. The molecule has 0 aliphatic carbocycles. The molecule has 4 heteroatoms. The van der Waals surface area contributed by atoms with E-state index in [1.807, 2.05) is 25.1 Å². The average Bonchev–Trinajstić information content (AvgIpc) is 2.72. The number of hydrogen-bond acceptors (Lipinski definition) is 3. The normalized spacial score (nSPS) is 13.2. The highest BCUT2D eigenvalue weighted by Crippen LogP contribution is 2.17. The summed E-state index contributed by atoms with van der Waals surface area (Å²) in [5.41, 5.74) is 3.03. The van der Waals surface area contributed by atoms with Crippen molar-refractivity contribution in [2.75, 3.05) is 13.2 Å². The number of H-pyrrole nitrogens is 1. The molecule has 1 unspecified atom stereocenters. The molecule has 1 atom stereocenters. The van der Waals surface area contributed by atoms with E-state index in [-0.39, 0.29) is 12.6 Å². The zero-order chi connectivity index (χ0) is 10.7. The Morgan fingerprint density at radius 1 is 1.53 bits per heavy atom. The molecule has 0 fully saturated rings. The molecule has 3 N–H and O–H groups in total. The summed E-state index contributed by atoms with van der Waals surface area (Å²) in [5, 5.41) is 12.5. The van der Waals surface area contributed by atoms with Crippen molar-refractivity contribution >= 4 is 11.0 Å². The monoisotopic (exact) mass is 205 g/mol. The van der Waals surface area contributed by atoms with Gasteiger partial charge in [-0.05, 0) is 24.2 Å². The van der Waals surface area contributed by atoms with Crippen LogP contribution in [0.5, 0.6) is 0 Å². The van der Waals surface area contributed by atoms with Crippen LogP contribution in [0.1, 0.15) is 18.5 Å². The standard InChI is InChI=1S/C11H15N3O/c1-2-12-11(6-15)8-3-4-9-10(5-8)14-7-13-9/h3-5,7,11-12,15H,2,6H2,1H3,(H,13,14). The number of imidazole rings is 1.